The zero-order valence-electron chi connectivity index (χ0n) is 12.1. The summed E-state index contributed by atoms with van der Waals surface area (Å²) in [6, 6.07) is 1.90. The maximum atomic E-state index is 5.81. The van der Waals surface area contributed by atoms with Crippen LogP contribution in [-0.4, -0.2) is 48.9 Å². The monoisotopic (exact) mass is 280 g/mol. The number of aromatic nitrogens is 2. The summed E-state index contributed by atoms with van der Waals surface area (Å²) in [4.78, 5) is 10.7. The first-order chi connectivity index (χ1) is 9.83. The van der Waals surface area contributed by atoms with Gasteiger partial charge in [-0.05, 0) is 32.7 Å². The van der Waals surface area contributed by atoms with Gasteiger partial charge in [-0.15, -0.1) is 0 Å². The normalized spacial score (nSPS) is 16.4. The molecule has 0 atom stereocenters. The Morgan fingerprint density at radius 2 is 2.15 bits per heavy atom. The molecule has 0 unspecified atom stereocenters. The van der Waals surface area contributed by atoms with Gasteiger partial charge in [-0.1, -0.05) is 0 Å². The second-order valence-corrected chi connectivity index (χ2v) is 4.85. The van der Waals surface area contributed by atoms with Crippen molar-refractivity contribution in [2.45, 2.75) is 32.3 Å². The predicted molar refractivity (Wildman–Crippen MR) is 78.1 cm³/mol. The number of anilines is 1. The lowest BCUT2D eigenvalue weighted by molar-refractivity contribution is 0.0365. The van der Waals surface area contributed by atoms with Crippen molar-refractivity contribution in [1.29, 1.82) is 0 Å². The summed E-state index contributed by atoms with van der Waals surface area (Å²) in [5, 5.41) is 0. The Morgan fingerprint density at radius 3 is 2.85 bits per heavy atom. The Morgan fingerprint density at radius 1 is 1.35 bits per heavy atom. The van der Waals surface area contributed by atoms with Gasteiger partial charge < -0.3 is 20.1 Å². The molecule has 0 aromatic carbocycles. The molecule has 1 saturated heterocycles. The highest BCUT2D eigenvalue weighted by Crippen LogP contribution is 2.21. The lowest BCUT2D eigenvalue weighted by Gasteiger charge is -2.32. The second-order valence-electron chi connectivity index (χ2n) is 4.85. The molecular formula is C14H24N4O2. The Hall–Kier alpha value is -1.40. The van der Waals surface area contributed by atoms with E-state index in [1.54, 1.807) is 6.33 Å². The predicted octanol–water partition coefficient (Wildman–Crippen LogP) is 1.21. The first kappa shape index (κ1) is 15.0. The molecule has 1 aliphatic rings. The number of rotatable bonds is 7. The van der Waals surface area contributed by atoms with Crippen LogP contribution < -0.4 is 15.4 Å². The zero-order chi connectivity index (χ0) is 14.2. The van der Waals surface area contributed by atoms with Crippen LogP contribution >= 0.6 is 0 Å². The van der Waals surface area contributed by atoms with Crippen molar-refractivity contribution in [1.82, 2.24) is 9.97 Å². The second kappa shape index (κ2) is 8.01. The van der Waals surface area contributed by atoms with Gasteiger partial charge in [0.2, 0.25) is 5.88 Å². The van der Waals surface area contributed by atoms with Gasteiger partial charge in [0.1, 0.15) is 12.1 Å². The van der Waals surface area contributed by atoms with Crippen molar-refractivity contribution < 1.29 is 9.47 Å². The first-order valence-corrected chi connectivity index (χ1v) is 7.35. The van der Waals surface area contributed by atoms with Crippen molar-refractivity contribution in [3.05, 3.63) is 12.4 Å². The number of ether oxygens (including phenoxy) is 2. The van der Waals surface area contributed by atoms with Crippen molar-refractivity contribution in [3.63, 3.8) is 0 Å². The van der Waals surface area contributed by atoms with E-state index < -0.39 is 0 Å². The molecule has 6 nitrogen and oxygen atoms in total. The minimum atomic E-state index is 0.353. The van der Waals surface area contributed by atoms with Crippen LogP contribution in [0.25, 0.3) is 0 Å². The molecule has 0 aliphatic carbocycles. The third-order valence-corrected chi connectivity index (χ3v) is 3.39. The highest BCUT2D eigenvalue weighted by Gasteiger charge is 2.20. The molecule has 1 aromatic rings. The molecule has 2 rings (SSSR count). The van der Waals surface area contributed by atoms with Crippen molar-refractivity contribution >= 4 is 5.82 Å². The molecule has 2 N–H and O–H groups in total. The topological polar surface area (TPSA) is 73.5 Å². The maximum Gasteiger partial charge on any atom is 0.218 e. The minimum Gasteiger partial charge on any atom is -0.478 e. The molecule has 1 aliphatic heterocycles. The average Bonchev–Trinajstić information content (AvgIpc) is 2.49. The smallest absolute Gasteiger partial charge is 0.218 e. The molecule has 0 spiro atoms. The molecule has 0 saturated carbocycles. The molecule has 0 radical (unpaired) electrons. The summed E-state index contributed by atoms with van der Waals surface area (Å²) in [5.74, 6) is 1.57. The van der Waals surface area contributed by atoms with E-state index in [1.165, 1.54) is 0 Å². The third kappa shape index (κ3) is 4.31. The molecule has 0 bridgehead atoms. The van der Waals surface area contributed by atoms with E-state index in [0.29, 0.717) is 25.1 Å². The van der Waals surface area contributed by atoms with E-state index in [-0.39, 0.29) is 0 Å². The van der Waals surface area contributed by atoms with Crippen LogP contribution in [-0.2, 0) is 4.74 Å². The Kier molecular flexibility index (Phi) is 6.01. The number of nitrogens with zero attached hydrogens (tertiary/aromatic N) is 3. The van der Waals surface area contributed by atoms with Crippen LogP contribution in [0.3, 0.4) is 0 Å². The van der Waals surface area contributed by atoms with E-state index in [9.17, 15) is 0 Å². The van der Waals surface area contributed by atoms with Gasteiger partial charge in [0, 0.05) is 25.8 Å². The molecule has 20 heavy (non-hydrogen) atoms. The third-order valence-electron chi connectivity index (χ3n) is 3.39. The number of nitrogens with two attached hydrogens (primary N) is 1. The standard InChI is InChI=1S/C14H24N4O2/c1-2-19-14-10-13(16-11-17-14)18-7-4-12(5-8-18)20-9-3-6-15/h10-12H,2-9,15H2,1H3. The fraction of sp³-hybridized carbons (Fsp3) is 0.714. The summed E-state index contributed by atoms with van der Waals surface area (Å²) < 4.78 is 11.2. The summed E-state index contributed by atoms with van der Waals surface area (Å²) in [5.41, 5.74) is 5.47. The van der Waals surface area contributed by atoms with Crippen LogP contribution in [0.4, 0.5) is 5.82 Å². The highest BCUT2D eigenvalue weighted by molar-refractivity contribution is 5.41. The van der Waals surface area contributed by atoms with Gasteiger partial charge in [0.05, 0.1) is 12.7 Å². The number of piperidine rings is 1. The van der Waals surface area contributed by atoms with E-state index >= 15 is 0 Å². The van der Waals surface area contributed by atoms with Crippen LogP contribution in [0.2, 0.25) is 0 Å². The summed E-state index contributed by atoms with van der Waals surface area (Å²) >= 11 is 0. The molecule has 2 heterocycles. The fourth-order valence-corrected chi connectivity index (χ4v) is 2.31. The highest BCUT2D eigenvalue weighted by atomic mass is 16.5. The summed E-state index contributed by atoms with van der Waals surface area (Å²) in [6.45, 7) is 5.94. The quantitative estimate of drug-likeness (QED) is 0.757. The van der Waals surface area contributed by atoms with Crippen molar-refractivity contribution in [2.24, 2.45) is 5.73 Å². The number of hydrogen-bond donors (Lipinski definition) is 1. The lowest BCUT2D eigenvalue weighted by Crippen LogP contribution is -2.37. The van der Waals surface area contributed by atoms with Crippen molar-refractivity contribution in [3.8, 4) is 5.88 Å². The van der Waals surface area contributed by atoms with Gasteiger partial charge in [0.25, 0.3) is 0 Å². The van der Waals surface area contributed by atoms with Gasteiger partial charge in [-0.2, -0.15) is 0 Å². The SMILES string of the molecule is CCOc1cc(N2CCC(OCCCN)CC2)ncn1. The summed E-state index contributed by atoms with van der Waals surface area (Å²) in [6.07, 6.45) is 4.90. The first-order valence-electron chi connectivity index (χ1n) is 7.35. The lowest BCUT2D eigenvalue weighted by atomic mass is 10.1. The summed E-state index contributed by atoms with van der Waals surface area (Å²) in [7, 11) is 0. The largest absolute Gasteiger partial charge is 0.478 e. The van der Waals surface area contributed by atoms with E-state index in [2.05, 4.69) is 14.9 Å². The van der Waals surface area contributed by atoms with Crippen molar-refractivity contribution in [2.75, 3.05) is 37.7 Å². The van der Waals surface area contributed by atoms with E-state index in [0.717, 1.165) is 44.8 Å². The Labute approximate surface area is 120 Å². The molecular weight excluding hydrogens is 256 g/mol. The van der Waals surface area contributed by atoms with Crippen LogP contribution in [0, 0.1) is 0 Å². The van der Waals surface area contributed by atoms with Gasteiger partial charge in [-0.25, -0.2) is 9.97 Å². The van der Waals surface area contributed by atoms with Crippen LogP contribution in [0.1, 0.15) is 26.2 Å². The molecule has 112 valence electrons. The van der Waals surface area contributed by atoms with Gasteiger partial charge in [0.15, 0.2) is 0 Å². The Bertz CT molecular complexity index is 395. The fourth-order valence-electron chi connectivity index (χ4n) is 2.31. The molecule has 1 fully saturated rings. The average molecular weight is 280 g/mol. The van der Waals surface area contributed by atoms with Crippen LogP contribution in [0.15, 0.2) is 12.4 Å². The van der Waals surface area contributed by atoms with Gasteiger partial charge in [-0.3, -0.25) is 0 Å². The number of hydrogen-bond acceptors (Lipinski definition) is 6. The van der Waals surface area contributed by atoms with Gasteiger partial charge >= 0.3 is 0 Å². The minimum absolute atomic E-state index is 0.353. The molecule has 6 heteroatoms. The Balaban J connectivity index is 1.82. The zero-order valence-corrected chi connectivity index (χ0v) is 12.1. The maximum absolute atomic E-state index is 5.81. The van der Waals surface area contributed by atoms with E-state index in [1.807, 2.05) is 13.0 Å². The molecule has 0 amide bonds. The van der Waals surface area contributed by atoms with Crippen LogP contribution in [0.5, 0.6) is 5.88 Å². The molecule has 1 aromatic heterocycles. The van der Waals surface area contributed by atoms with E-state index in [4.69, 9.17) is 15.2 Å².